The van der Waals surface area contributed by atoms with Crippen LogP contribution in [0.3, 0.4) is 0 Å². The lowest BCUT2D eigenvalue weighted by Crippen LogP contribution is -2.41. The van der Waals surface area contributed by atoms with Gasteiger partial charge in [0.2, 0.25) is 0 Å². The number of urea groups is 1. The lowest BCUT2D eigenvalue weighted by molar-refractivity contribution is -0.137. The van der Waals surface area contributed by atoms with Gasteiger partial charge in [-0.3, -0.25) is 9.69 Å². The molecule has 1 N–H and O–H groups in total. The summed E-state index contributed by atoms with van der Waals surface area (Å²) in [6.07, 6.45) is -1.81. The maximum Gasteiger partial charge on any atom is 0.418 e. The number of hydrogen-bond donors (Lipinski definition) is 1. The van der Waals surface area contributed by atoms with Crippen molar-refractivity contribution in [1.29, 1.82) is 0 Å². The fraction of sp³-hybridized carbons (Fsp3) is 0.318. The molecule has 176 valence electrons. The first-order valence-electron chi connectivity index (χ1n) is 10.5. The minimum atomic E-state index is -4.73. The Labute approximate surface area is 196 Å². The number of rotatable bonds is 4. The summed E-state index contributed by atoms with van der Waals surface area (Å²) >= 11 is 5.76. The zero-order valence-electron chi connectivity index (χ0n) is 17.9. The van der Waals surface area contributed by atoms with E-state index in [1.807, 2.05) is 18.2 Å². The van der Waals surface area contributed by atoms with Crippen LogP contribution in [0.5, 0.6) is 0 Å². The van der Waals surface area contributed by atoms with E-state index >= 15 is 0 Å². The number of imide groups is 1. The van der Waals surface area contributed by atoms with Gasteiger partial charge < -0.3 is 5.32 Å². The van der Waals surface area contributed by atoms with Crippen molar-refractivity contribution in [1.82, 2.24) is 30.4 Å². The highest BCUT2D eigenvalue weighted by Crippen LogP contribution is 2.36. The van der Waals surface area contributed by atoms with E-state index in [1.54, 1.807) is 6.92 Å². The van der Waals surface area contributed by atoms with Gasteiger partial charge in [-0.15, -0.1) is 5.10 Å². The number of carbonyl (C=O) groups is 2. The van der Waals surface area contributed by atoms with Gasteiger partial charge in [-0.2, -0.15) is 17.9 Å². The first-order valence-corrected chi connectivity index (χ1v) is 10.9. The molecule has 3 amide bonds. The number of alkyl halides is 3. The fourth-order valence-electron chi connectivity index (χ4n) is 4.47. The van der Waals surface area contributed by atoms with Gasteiger partial charge in [0.05, 0.1) is 17.8 Å². The number of amides is 3. The summed E-state index contributed by atoms with van der Waals surface area (Å²) in [5.41, 5.74) is 0.281. The quantitative estimate of drug-likeness (QED) is 0.562. The third-order valence-corrected chi connectivity index (χ3v) is 6.51. The van der Waals surface area contributed by atoms with Gasteiger partial charge in [-0.05, 0) is 71.5 Å². The number of nitrogens with zero attached hydrogens (tertiary/aromatic N) is 5. The Morgan fingerprint density at radius 3 is 2.65 bits per heavy atom. The zero-order valence-corrected chi connectivity index (χ0v) is 18.6. The summed E-state index contributed by atoms with van der Waals surface area (Å²) in [6.45, 7) is 1.19. The van der Waals surface area contributed by atoms with Gasteiger partial charge in [0.15, 0.2) is 5.82 Å². The molecule has 8 nitrogen and oxygen atoms in total. The summed E-state index contributed by atoms with van der Waals surface area (Å²) < 4.78 is 41.6. The van der Waals surface area contributed by atoms with Crippen LogP contribution in [0, 0.1) is 0 Å². The van der Waals surface area contributed by atoms with Crippen molar-refractivity contribution in [2.24, 2.45) is 0 Å². The molecule has 0 bridgehead atoms. The molecule has 34 heavy (non-hydrogen) atoms. The number of aryl methyl sites for hydroxylation is 2. The summed E-state index contributed by atoms with van der Waals surface area (Å²) in [5, 5.41) is 13.5. The van der Waals surface area contributed by atoms with E-state index < -0.39 is 35.8 Å². The largest absolute Gasteiger partial charge is 0.418 e. The Bertz CT molecular complexity index is 1320. The molecule has 0 radical (unpaired) electrons. The molecule has 1 unspecified atom stereocenters. The van der Waals surface area contributed by atoms with E-state index in [4.69, 9.17) is 11.6 Å². The maximum atomic E-state index is 13.6. The number of tetrazole rings is 1. The van der Waals surface area contributed by atoms with Crippen LogP contribution in [0.2, 0.25) is 5.02 Å². The van der Waals surface area contributed by atoms with Gasteiger partial charge in [0, 0.05) is 5.02 Å². The van der Waals surface area contributed by atoms with E-state index in [0.29, 0.717) is 5.56 Å². The third-order valence-electron chi connectivity index (χ3n) is 6.28. The second-order valence-corrected chi connectivity index (χ2v) is 8.89. The van der Waals surface area contributed by atoms with Crippen LogP contribution < -0.4 is 5.32 Å². The first kappa shape index (κ1) is 22.3. The summed E-state index contributed by atoms with van der Waals surface area (Å²) in [6, 6.07) is 8.19. The summed E-state index contributed by atoms with van der Waals surface area (Å²) in [7, 11) is 0. The number of aromatic nitrogens is 4. The van der Waals surface area contributed by atoms with Crippen LogP contribution in [0.25, 0.3) is 5.69 Å². The number of hydrogen-bond acceptors (Lipinski definition) is 5. The molecule has 1 aromatic heterocycles. The smallest absolute Gasteiger partial charge is 0.319 e. The average molecular weight is 491 g/mol. The SMILES string of the molecule is CC1(c2ccc3c(c2)CCC3)NC(=O)N(Cc2nnnn2-c2ccc(Cl)cc2C(F)(F)F)C1=O. The Hall–Kier alpha value is -3.47. The first-order chi connectivity index (χ1) is 16.1. The van der Waals surface area contributed by atoms with Crippen molar-refractivity contribution in [2.45, 2.75) is 44.4 Å². The molecular weight excluding hydrogens is 473 g/mol. The Balaban J connectivity index is 1.47. The molecule has 2 aliphatic rings. The number of carbonyl (C=O) groups excluding carboxylic acids is 2. The Kier molecular flexibility index (Phi) is 5.12. The highest BCUT2D eigenvalue weighted by Gasteiger charge is 2.49. The molecule has 1 aliphatic heterocycles. The molecule has 0 spiro atoms. The standard InChI is InChI=1S/C22H18ClF3N6O2/c1-21(14-6-5-12-3-2-4-13(12)9-14)19(33)31(20(34)27-21)11-18-28-29-30-32(18)17-8-7-15(23)10-16(17)22(24,25)26/h5-10H,2-4,11H2,1H3,(H,27,34). The summed E-state index contributed by atoms with van der Waals surface area (Å²) in [4.78, 5) is 27.0. The van der Waals surface area contributed by atoms with Crippen molar-refractivity contribution in [3.63, 3.8) is 0 Å². The number of nitrogens with one attached hydrogen (secondary N) is 1. The van der Waals surface area contributed by atoms with Crippen molar-refractivity contribution >= 4 is 23.5 Å². The predicted molar refractivity (Wildman–Crippen MR) is 114 cm³/mol. The van der Waals surface area contributed by atoms with Gasteiger partial charge in [0.1, 0.15) is 5.54 Å². The van der Waals surface area contributed by atoms with Crippen LogP contribution in [0.1, 0.15) is 41.4 Å². The lowest BCUT2D eigenvalue weighted by atomic mass is 9.89. The molecule has 5 rings (SSSR count). The van der Waals surface area contributed by atoms with E-state index in [2.05, 4.69) is 20.8 Å². The zero-order chi connectivity index (χ0) is 24.3. The van der Waals surface area contributed by atoms with Gasteiger partial charge in [0.25, 0.3) is 5.91 Å². The van der Waals surface area contributed by atoms with Crippen molar-refractivity contribution in [2.75, 3.05) is 0 Å². The molecule has 2 heterocycles. The van der Waals surface area contributed by atoms with Crippen LogP contribution in [-0.2, 0) is 35.9 Å². The molecular formula is C22H18ClF3N6O2. The van der Waals surface area contributed by atoms with Gasteiger partial charge in [-0.1, -0.05) is 29.8 Å². The topological polar surface area (TPSA) is 93.0 Å². The Morgan fingerprint density at radius 1 is 1.12 bits per heavy atom. The molecule has 0 saturated carbocycles. The van der Waals surface area contributed by atoms with Crippen LogP contribution >= 0.6 is 11.6 Å². The molecule has 1 fully saturated rings. The second-order valence-electron chi connectivity index (χ2n) is 8.45. The van der Waals surface area contributed by atoms with E-state index in [1.165, 1.54) is 11.6 Å². The molecule has 2 aromatic carbocycles. The molecule has 1 aliphatic carbocycles. The van der Waals surface area contributed by atoms with Crippen LogP contribution in [0.4, 0.5) is 18.0 Å². The monoisotopic (exact) mass is 490 g/mol. The minimum absolute atomic E-state index is 0.107. The second kappa shape index (κ2) is 7.79. The Morgan fingerprint density at radius 2 is 1.88 bits per heavy atom. The third kappa shape index (κ3) is 3.60. The molecule has 12 heteroatoms. The number of fused-ring (bicyclic) bond motifs is 1. The van der Waals surface area contributed by atoms with Gasteiger partial charge in [-0.25, -0.2) is 4.79 Å². The van der Waals surface area contributed by atoms with E-state index in [-0.39, 0.29) is 16.5 Å². The predicted octanol–water partition coefficient (Wildman–Crippen LogP) is 3.79. The normalized spacial score (nSPS) is 20.1. The molecule has 1 atom stereocenters. The van der Waals surface area contributed by atoms with E-state index in [9.17, 15) is 22.8 Å². The van der Waals surface area contributed by atoms with Gasteiger partial charge >= 0.3 is 12.2 Å². The van der Waals surface area contributed by atoms with Crippen LogP contribution in [-0.4, -0.2) is 37.0 Å². The highest BCUT2D eigenvalue weighted by atomic mass is 35.5. The number of halogens is 4. The van der Waals surface area contributed by atoms with Crippen molar-refractivity contribution in [3.05, 3.63) is 69.5 Å². The van der Waals surface area contributed by atoms with Crippen LogP contribution in [0.15, 0.2) is 36.4 Å². The molecule has 3 aromatic rings. The highest BCUT2D eigenvalue weighted by molar-refractivity contribution is 6.30. The molecule has 1 saturated heterocycles. The minimum Gasteiger partial charge on any atom is -0.319 e. The van der Waals surface area contributed by atoms with Crippen molar-refractivity contribution < 1.29 is 22.8 Å². The lowest BCUT2D eigenvalue weighted by Gasteiger charge is -2.23. The number of benzene rings is 2. The summed E-state index contributed by atoms with van der Waals surface area (Å²) in [5.74, 6) is -0.660. The van der Waals surface area contributed by atoms with E-state index in [0.717, 1.165) is 46.5 Å². The average Bonchev–Trinajstić information content (AvgIpc) is 3.49. The fourth-order valence-corrected chi connectivity index (χ4v) is 4.64. The maximum absolute atomic E-state index is 13.6. The van der Waals surface area contributed by atoms with Crippen molar-refractivity contribution in [3.8, 4) is 5.69 Å².